The standard InChI is InChI=1S/C12H13N3O2/c1-12(4-5-12)7-15-10-3-2-8(11(16)17)6-9(10)13-14-15/h2-3,6H,4-5,7H2,1H3,(H,16,17). The van der Waals surface area contributed by atoms with Gasteiger partial charge in [0.05, 0.1) is 11.1 Å². The summed E-state index contributed by atoms with van der Waals surface area (Å²) < 4.78 is 1.87. The molecule has 1 aromatic heterocycles. The predicted octanol–water partition coefficient (Wildman–Crippen LogP) is 1.93. The van der Waals surface area contributed by atoms with E-state index in [1.54, 1.807) is 18.2 Å². The Hall–Kier alpha value is -1.91. The van der Waals surface area contributed by atoms with Crippen molar-refractivity contribution in [1.82, 2.24) is 15.0 Å². The largest absolute Gasteiger partial charge is 0.478 e. The lowest BCUT2D eigenvalue weighted by Gasteiger charge is -2.07. The van der Waals surface area contributed by atoms with Gasteiger partial charge < -0.3 is 5.11 Å². The Bertz CT molecular complexity index is 599. The molecule has 1 aromatic carbocycles. The Morgan fingerprint density at radius 3 is 2.94 bits per heavy atom. The highest BCUT2D eigenvalue weighted by Gasteiger charge is 2.38. The van der Waals surface area contributed by atoms with Crippen LogP contribution in [0.25, 0.3) is 11.0 Å². The molecule has 0 unspecified atom stereocenters. The van der Waals surface area contributed by atoms with Crippen LogP contribution in [0.5, 0.6) is 0 Å². The molecular formula is C12H13N3O2. The first-order valence-corrected chi connectivity index (χ1v) is 5.64. The van der Waals surface area contributed by atoms with Crippen molar-refractivity contribution in [3.05, 3.63) is 23.8 Å². The molecule has 17 heavy (non-hydrogen) atoms. The number of carbonyl (C=O) groups is 1. The van der Waals surface area contributed by atoms with Crippen molar-refractivity contribution in [3.8, 4) is 0 Å². The zero-order valence-electron chi connectivity index (χ0n) is 9.55. The molecule has 0 bridgehead atoms. The molecule has 3 rings (SSSR count). The smallest absolute Gasteiger partial charge is 0.335 e. The molecule has 88 valence electrons. The molecule has 0 aliphatic heterocycles. The van der Waals surface area contributed by atoms with Crippen molar-refractivity contribution in [3.63, 3.8) is 0 Å². The molecule has 0 spiro atoms. The third-order valence-electron chi connectivity index (χ3n) is 3.40. The van der Waals surface area contributed by atoms with Crippen LogP contribution in [0.2, 0.25) is 0 Å². The van der Waals surface area contributed by atoms with Crippen LogP contribution in [0.15, 0.2) is 18.2 Å². The molecule has 5 nitrogen and oxygen atoms in total. The lowest BCUT2D eigenvalue weighted by molar-refractivity contribution is 0.0697. The van der Waals surface area contributed by atoms with Gasteiger partial charge in [-0.1, -0.05) is 12.1 Å². The van der Waals surface area contributed by atoms with E-state index >= 15 is 0 Å². The summed E-state index contributed by atoms with van der Waals surface area (Å²) >= 11 is 0. The van der Waals surface area contributed by atoms with Crippen molar-refractivity contribution >= 4 is 17.0 Å². The number of aromatic carboxylic acids is 1. The van der Waals surface area contributed by atoms with E-state index in [0.717, 1.165) is 12.1 Å². The van der Waals surface area contributed by atoms with E-state index in [2.05, 4.69) is 17.2 Å². The molecule has 0 saturated heterocycles. The maximum absolute atomic E-state index is 10.8. The van der Waals surface area contributed by atoms with Crippen molar-refractivity contribution < 1.29 is 9.90 Å². The summed E-state index contributed by atoms with van der Waals surface area (Å²) in [5.74, 6) is -0.935. The summed E-state index contributed by atoms with van der Waals surface area (Å²) in [4.78, 5) is 10.8. The molecule has 1 heterocycles. The third kappa shape index (κ3) is 1.77. The van der Waals surface area contributed by atoms with E-state index in [1.807, 2.05) is 4.68 Å². The van der Waals surface area contributed by atoms with Crippen LogP contribution in [-0.4, -0.2) is 26.1 Å². The quantitative estimate of drug-likeness (QED) is 0.876. The minimum atomic E-state index is -0.935. The first kappa shape index (κ1) is 10.3. The topological polar surface area (TPSA) is 68.0 Å². The van der Waals surface area contributed by atoms with Crippen LogP contribution < -0.4 is 0 Å². The van der Waals surface area contributed by atoms with Crippen molar-refractivity contribution in [2.45, 2.75) is 26.3 Å². The Kier molecular flexibility index (Phi) is 1.98. The lowest BCUT2D eigenvalue weighted by atomic mass is 10.1. The van der Waals surface area contributed by atoms with Gasteiger partial charge in [-0.2, -0.15) is 0 Å². The first-order valence-electron chi connectivity index (χ1n) is 5.64. The first-order chi connectivity index (χ1) is 8.07. The van der Waals surface area contributed by atoms with Crippen molar-refractivity contribution in [2.75, 3.05) is 0 Å². The Morgan fingerprint density at radius 2 is 2.29 bits per heavy atom. The molecule has 0 atom stereocenters. The minimum absolute atomic E-state index is 0.252. The van der Waals surface area contributed by atoms with Gasteiger partial charge in [-0.05, 0) is 36.5 Å². The van der Waals surface area contributed by atoms with Gasteiger partial charge in [0.15, 0.2) is 0 Å². The van der Waals surface area contributed by atoms with Crippen LogP contribution in [0.3, 0.4) is 0 Å². The van der Waals surface area contributed by atoms with Gasteiger partial charge in [0.2, 0.25) is 0 Å². The fraction of sp³-hybridized carbons (Fsp3) is 0.417. The summed E-state index contributed by atoms with van der Waals surface area (Å²) in [5, 5.41) is 17.0. The fourth-order valence-electron chi connectivity index (χ4n) is 1.96. The van der Waals surface area contributed by atoms with Gasteiger partial charge in [-0.25, -0.2) is 9.48 Å². The van der Waals surface area contributed by atoms with E-state index in [1.165, 1.54) is 12.8 Å². The fourth-order valence-corrected chi connectivity index (χ4v) is 1.96. The second kappa shape index (κ2) is 3.29. The third-order valence-corrected chi connectivity index (χ3v) is 3.40. The van der Waals surface area contributed by atoms with Gasteiger partial charge in [0.1, 0.15) is 5.52 Å². The normalized spacial score (nSPS) is 17.2. The van der Waals surface area contributed by atoms with Gasteiger partial charge in [0.25, 0.3) is 0 Å². The number of fused-ring (bicyclic) bond motifs is 1. The van der Waals surface area contributed by atoms with Gasteiger partial charge in [-0.15, -0.1) is 5.10 Å². The zero-order valence-corrected chi connectivity index (χ0v) is 9.55. The molecule has 1 aliphatic rings. The number of carboxylic acids is 1. The van der Waals surface area contributed by atoms with Crippen LogP contribution in [0.1, 0.15) is 30.1 Å². The van der Waals surface area contributed by atoms with Crippen LogP contribution >= 0.6 is 0 Å². The highest BCUT2D eigenvalue weighted by Crippen LogP contribution is 2.46. The summed E-state index contributed by atoms with van der Waals surface area (Å²) in [7, 11) is 0. The molecule has 0 radical (unpaired) electrons. The second-order valence-electron chi connectivity index (χ2n) is 5.07. The number of hydrogen-bond donors (Lipinski definition) is 1. The number of hydrogen-bond acceptors (Lipinski definition) is 3. The van der Waals surface area contributed by atoms with E-state index in [9.17, 15) is 4.79 Å². The lowest BCUT2D eigenvalue weighted by Crippen LogP contribution is -2.09. The molecule has 1 saturated carbocycles. The summed E-state index contributed by atoms with van der Waals surface area (Å²) in [5.41, 5.74) is 2.16. The van der Waals surface area contributed by atoms with Crippen molar-refractivity contribution in [1.29, 1.82) is 0 Å². The molecule has 0 amide bonds. The Balaban J connectivity index is 2.01. The van der Waals surface area contributed by atoms with Gasteiger partial charge in [-0.3, -0.25) is 0 Å². The SMILES string of the molecule is CC1(Cn2nnc3cc(C(=O)O)ccc32)CC1. The number of benzene rings is 1. The summed E-state index contributed by atoms with van der Waals surface area (Å²) in [6, 6.07) is 4.95. The molecular weight excluding hydrogens is 218 g/mol. The molecule has 1 N–H and O–H groups in total. The van der Waals surface area contributed by atoms with Crippen molar-refractivity contribution in [2.24, 2.45) is 5.41 Å². The van der Waals surface area contributed by atoms with E-state index in [4.69, 9.17) is 5.11 Å². The maximum atomic E-state index is 10.8. The Morgan fingerprint density at radius 1 is 1.53 bits per heavy atom. The van der Waals surface area contributed by atoms with E-state index < -0.39 is 5.97 Å². The molecule has 1 aliphatic carbocycles. The van der Waals surface area contributed by atoms with Gasteiger partial charge in [0, 0.05) is 6.54 Å². The zero-order chi connectivity index (χ0) is 12.0. The highest BCUT2D eigenvalue weighted by molar-refractivity contribution is 5.92. The number of carboxylic acid groups (broad SMARTS) is 1. The maximum Gasteiger partial charge on any atom is 0.335 e. The Labute approximate surface area is 98.0 Å². The monoisotopic (exact) mass is 231 g/mol. The number of nitrogens with zero attached hydrogens (tertiary/aromatic N) is 3. The molecule has 1 fully saturated rings. The average molecular weight is 231 g/mol. The second-order valence-corrected chi connectivity index (χ2v) is 5.07. The van der Waals surface area contributed by atoms with Gasteiger partial charge >= 0.3 is 5.97 Å². The van der Waals surface area contributed by atoms with Crippen LogP contribution in [0.4, 0.5) is 0 Å². The highest BCUT2D eigenvalue weighted by atomic mass is 16.4. The number of aromatic nitrogens is 3. The van der Waals surface area contributed by atoms with Crippen LogP contribution in [0, 0.1) is 5.41 Å². The predicted molar refractivity (Wildman–Crippen MR) is 61.8 cm³/mol. The van der Waals surface area contributed by atoms with E-state index in [-0.39, 0.29) is 5.56 Å². The summed E-state index contributed by atoms with van der Waals surface area (Å²) in [6.45, 7) is 3.09. The molecule has 2 aromatic rings. The summed E-state index contributed by atoms with van der Waals surface area (Å²) in [6.07, 6.45) is 2.45. The van der Waals surface area contributed by atoms with E-state index in [0.29, 0.717) is 10.9 Å². The molecule has 5 heteroatoms. The minimum Gasteiger partial charge on any atom is -0.478 e. The van der Waals surface area contributed by atoms with Crippen LogP contribution in [-0.2, 0) is 6.54 Å². The average Bonchev–Trinajstić information content (AvgIpc) is 2.88. The number of rotatable bonds is 3.